The monoisotopic (exact) mass is 385 g/mol. The molecule has 1 unspecified atom stereocenters. The van der Waals surface area contributed by atoms with E-state index in [4.69, 9.17) is 11.6 Å². The fourth-order valence-corrected chi connectivity index (χ4v) is 3.62. The maximum Gasteiger partial charge on any atom is 0.227 e. The lowest BCUT2D eigenvalue weighted by Crippen LogP contribution is -2.53. The molecule has 0 aliphatic carbocycles. The number of rotatable bonds is 3. The van der Waals surface area contributed by atoms with Gasteiger partial charge in [-0.2, -0.15) is 0 Å². The Morgan fingerprint density at radius 3 is 2.44 bits per heavy atom. The van der Waals surface area contributed by atoms with Gasteiger partial charge in [-0.15, -0.1) is 12.4 Å². The van der Waals surface area contributed by atoms with E-state index in [1.807, 2.05) is 28.0 Å². The van der Waals surface area contributed by atoms with Crippen LogP contribution in [0.2, 0.25) is 5.02 Å². The van der Waals surface area contributed by atoms with Gasteiger partial charge in [0.15, 0.2) is 0 Å². The van der Waals surface area contributed by atoms with Crippen molar-refractivity contribution in [2.24, 2.45) is 5.92 Å². The SMILES string of the molecule is Cl.O=C(Cc1ccccc1Cl)N1CCN(C(=O)C2CCCNC2)CC1. The molecular formula is C18H25Cl2N3O2. The van der Waals surface area contributed by atoms with Crippen LogP contribution in [0.3, 0.4) is 0 Å². The molecule has 0 aromatic heterocycles. The van der Waals surface area contributed by atoms with Gasteiger partial charge in [-0.3, -0.25) is 9.59 Å². The number of hydrogen-bond donors (Lipinski definition) is 1. The number of nitrogens with one attached hydrogen (secondary N) is 1. The number of amides is 2. The molecule has 2 amide bonds. The highest BCUT2D eigenvalue weighted by Crippen LogP contribution is 2.18. The molecule has 1 N–H and O–H groups in total. The summed E-state index contributed by atoms with van der Waals surface area (Å²) in [5.74, 6) is 0.416. The van der Waals surface area contributed by atoms with Gasteiger partial charge in [-0.25, -0.2) is 0 Å². The van der Waals surface area contributed by atoms with Crippen LogP contribution in [-0.2, 0) is 16.0 Å². The Morgan fingerprint density at radius 1 is 1.12 bits per heavy atom. The van der Waals surface area contributed by atoms with E-state index in [0.29, 0.717) is 37.6 Å². The minimum atomic E-state index is 0. The van der Waals surface area contributed by atoms with Gasteiger partial charge in [0.25, 0.3) is 0 Å². The van der Waals surface area contributed by atoms with E-state index in [0.717, 1.165) is 31.5 Å². The molecule has 2 fully saturated rings. The topological polar surface area (TPSA) is 52.7 Å². The third-order valence-corrected chi connectivity index (χ3v) is 5.26. The largest absolute Gasteiger partial charge is 0.339 e. The Hall–Kier alpha value is -1.30. The van der Waals surface area contributed by atoms with Crippen molar-refractivity contribution in [1.29, 1.82) is 0 Å². The molecule has 2 aliphatic rings. The number of piperazine rings is 1. The number of hydrogen-bond acceptors (Lipinski definition) is 3. The molecule has 2 aliphatic heterocycles. The summed E-state index contributed by atoms with van der Waals surface area (Å²) < 4.78 is 0. The van der Waals surface area contributed by atoms with Crippen molar-refractivity contribution < 1.29 is 9.59 Å². The van der Waals surface area contributed by atoms with Crippen molar-refractivity contribution in [2.45, 2.75) is 19.3 Å². The maximum atomic E-state index is 12.5. The molecule has 0 saturated carbocycles. The summed E-state index contributed by atoms with van der Waals surface area (Å²) in [6.07, 6.45) is 2.35. The molecule has 25 heavy (non-hydrogen) atoms. The first-order valence-electron chi connectivity index (χ1n) is 8.66. The van der Waals surface area contributed by atoms with Crippen LogP contribution in [0, 0.1) is 5.92 Å². The van der Waals surface area contributed by atoms with Crippen molar-refractivity contribution in [2.75, 3.05) is 39.3 Å². The highest BCUT2D eigenvalue weighted by atomic mass is 35.5. The van der Waals surface area contributed by atoms with Crippen molar-refractivity contribution in [3.8, 4) is 0 Å². The second-order valence-electron chi connectivity index (χ2n) is 6.52. The van der Waals surface area contributed by atoms with E-state index in [9.17, 15) is 9.59 Å². The highest BCUT2D eigenvalue weighted by molar-refractivity contribution is 6.31. The molecule has 2 saturated heterocycles. The Balaban J connectivity index is 0.00000225. The lowest BCUT2D eigenvalue weighted by atomic mass is 9.98. The molecule has 7 heteroatoms. The maximum absolute atomic E-state index is 12.5. The first kappa shape index (κ1) is 20.0. The molecule has 138 valence electrons. The van der Waals surface area contributed by atoms with Crippen LogP contribution in [-0.4, -0.2) is 60.9 Å². The smallest absolute Gasteiger partial charge is 0.227 e. The van der Waals surface area contributed by atoms with Crippen LogP contribution < -0.4 is 5.32 Å². The standard InChI is InChI=1S/C18H24ClN3O2.ClH/c19-16-6-2-1-4-14(16)12-17(23)21-8-10-22(11-9-21)18(24)15-5-3-7-20-13-15;/h1-2,4,6,15,20H,3,5,7-13H2;1H. The zero-order chi connectivity index (χ0) is 16.9. The molecule has 1 aromatic carbocycles. The molecule has 0 spiro atoms. The Bertz CT molecular complexity index is 598. The minimum Gasteiger partial charge on any atom is -0.339 e. The summed E-state index contributed by atoms with van der Waals surface area (Å²) in [7, 11) is 0. The van der Waals surface area contributed by atoms with Gasteiger partial charge in [0.05, 0.1) is 12.3 Å². The Labute approximate surface area is 160 Å². The van der Waals surface area contributed by atoms with Crippen LogP contribution in [0.1, 0.15) is 18.4 Å². The minimum absolute atomic E-state index is 0. The number of nitrogens with zero attached hydrogens (tertiary/aromatic N) is 2. The number of carbonyl (C=O) groups excluding carboxylic acids is 2. The van der Waals surface area contributed by atoms with Crippen LogP contribution >= 0.6 is 24.0 Å². The lowest BCUT2D eigenvalue weighted by molar-refractivity contribution is -0.142. The number of piperidine rings is 1. The Morgan fingerprint density at radius 2 is 1.80 bits per heavy atom. The zero-order valence-electron chi connectivity index (χ0n) is 14.2. The third-order valence-electron chi connectivity index (χ3n) is 4.89. The summed E-state index contributed by atoms with van der Waals surface area (Å²) in [5, 5.41) is 3.92. The van der Waals surface area contributed by atoms with E-state index in [1.165, 1.54) is 0 Å². The molecule has 0 radical (unpaired) electrons. The molecule has 2 heterocycles. The molecule has 0 bridgehead atoms. The number of benzene rings is 1. The van der Waals surface area contributed by atoms with E-state index in [2.05, 4.69) is 5.32 Å². The van der Waals surface area contributed by atoms with Crippen molar-refractivity contribution >= 4 is 35.8 Å². The summed E-state index contributed by atoms with van der Waals surface area (Å²) >= 11 is 6.13. The second kappa shape index (κ2) is 9.41. The van der Waals surface area contributed by atoms with Gasteiger partial charge in [-0.05, 0) is 31.0 Å². The molecule has 1 atom stereocenters. The van der Waals surface area contributed by atoms with Gasteiger partial charge >= 0.3 is 0 Å². The van der Waals surface area contributed by atoms with Gasteiger partial charge in [0, 0.05) is 37.7 Å². The molecule has 5 nitrogen and oxygen atoms in total. The third kappa shape index (κ3) is 5.09. The summed E-state index contributed by atoms with van der Waals surface area (Å²) in [4.78, 5) is 28.7. The predicted octanol–water partition coefficient (Wildman–Crippen LogP) is 1.97. The van der Waals surface area contributed by atoms with Crippen LogP contribution in [0.15, 0.2) is 24.3 Å². The average molecular weight is 386 g/mol. The van der Waals surface area contributed by atoms with Gasteiger partial charge in [0.1, 0.15) is 0 Å². The molecule has 3 rings (SSSR count). The number of halogens is 2. The van der Waals surface area contributed by atoms with Crippen molar-refractivity contribution in [1.82, 2.24) is 15.1 Å². The van der Waals surface area contributed by atoms with Crippen molar-refractivity contribution in [3.05, 3.63) is 34.9 Å². The molecule has 1 aromatic rings. The van der Waals surface area contributed by atoms with E-state index in [-0.39, 0.29) is 30.1 Å². The zero-order valence-corrected chi connectivity index (χ0v) is 15.8. The second-order valence-corrected chi connectivity index (χ2v) is 6.92. The fraction of sp³-hybridized carbons (Fsp3) is 0.556. The van der Waals surface area contributed by atoms with Crippen LogP contribution in [0.25, 0.3) is 0 Å². The van der Waals surface area contributed by atoms with E-state index in [1.54, 1.807) is 6.07 Å². The van der Waals surface area contributed by atoms with Gasteiger partial charge < -0.3 is 15.1 Å². The van der Waals surface area contributed by atoms with E-state index >= 15 is 0 Å². The number of carbonyl (C=O) groups is 2. The fourth-order valence-electron chi connectivity index (χ4n) is 3.41. The van der Waals surface area contributed by atoms with Gasteiger partial charge in [0.2, 0.25) is 11.8 Å². The van der Waals surface area contributed by atoms with E-state index < -0.39 is 0 Å². The predicted molar refractivity (Wildman–Crippen MR) is 101 cm³/mol. The summed E-state index contributed by atoms with van der Waals surface area (Å²) in [6, 6.07) is 7.44. The summed E-state index contributed by atoms with van der Waals surface area (Å²) in [5.41, 5.74) is 0.857. The van der Waals surface area contributed by atoms with Crippen LogP contribution in [0.4, 0.5) is 0 Å². The lowest BCUT2D eigenvalue weighted by Gasteiger charge is -2.37. The first-order chi connectivity index (χ1) is 11.6. The first-order valence-corrected chi connectivity index (χ1v) is 9.03. The average Bonchev–Trinajstić information content (AvgIpc) is 2.64. The highest BCUT2D eigenvalue weighted by Gasteiger charge is 2.29. The van der Waals surface area contributed by atoms with Gasteiger partial charge in [-0.1, -0.05) is 29.8 Å². The van der Waals surface area contributed by atoms with Crippen molar-refractivity contribution in [3.63, 3.8) is 0 Å². The van der Waals surface area contributed by atoms with Crippen LogP contribution in [0.5, 0.6) is 0 Å². The normalized spacial score (nSPS) is 20.8. The Kier molecular flexibility index (Phi) is 7.54. The summed E-state index contributed by atoms with van der Waals surface area (Å²) in [6.45, 7) is 4.26. The quantitative estimate of drug-likeness (QED) is 0.865. The molecular weight excluding hydrogens is 361 g/mol.